The Morgan fingerprint density at radius 1 is 1.30 bits per heavy atom. The average Bonchev–Trinajstić information content (AvgIpc) is 2.41. The number of aliphatic hydroxyl groups excluding tert-OH is 1. The minimum Gasteiger partial charge on any atom is -0.396 e. The molecule has 1 unspecified atom stereocenters. The summed E-state index contributed by atoms with van der Waals surface area (Å²) in [6.45, 7) is 2.55. The van der Waals surface area contributed by atoms with Gasteiger partial charge < -0.3 is 15.7 Å². The summed E-state index contributed by atoms with van der Waals surface area (Å²) in [6, 6.07) is 1.97. The van der Waals surface area contributed by atoms with Crippen LogP contribution in [0.25, 0.3) is 0 Å². The lowest BCUT2D eigenvalue weighted by Gasteiger charge is -2.13. The van der Waals surface area contributed by atoms with Crippen molar-refractivity contribution in [1.82, 2.24) is 4.98 Å². The van der Waals surface area contributed by atoms with Gasteiger partial charge in [0.1, 0.15) is 11.6 Å². The zero-order chi connectivity index (χ0) is 15.2. The maximum atomic E-state index is 12.7. The molecule has 1 rings (SSSR count). The predicted octanol–water partition coefficient (Wildman–Crippen LogP) is 2.96. The summed E-state index contributed by atoms with van der Waals surface area (Å²) in [4.78, 5) is 4.03. The Morgan fingerprint density at radius 2 is 1.95 bits per heavy atom. The number of aromatic nitrogens is 1. The van der Waals surface area contributed by atoms with E-state index in [9.17, 15) is 13.2 Å². The molecular formula is C13H20F3N3O. The Hall–Kier alpha value is -1.50. The van der Waals surface area contributed by atoms with Crippen molar-refractivity contribution in [2.45, 2.75) is 25.9 Å². The Kier molecular flexibility index (Phi) is 6.06. The van der Waals surface area contributed by atoms with Crippen LogP contribution in [0.3, 0.4) is 0 Å². The largest absolute Gasteiger partial charge is 0.416 e. The van der Waals surface area contributed by atoms with E-state index in [2.05, 4.69) is 15.6 Å². The fraction of sp³-hybridized carbons (Fsp3) is 0.615. The van der Waals surface area contributed by atoms with Gasteiger partial charge in [-0.15, -0.1) is 0 Å². The van der Waals surface area contributed by atoms with Crippen LogP contribution in [0.15, 0.2) is 12.1 Å². The van der Waals surface area contributed by atoms with Crippen molar-refractivity contribution in [2.75, 3.05) is 30.8 Å². The van der Waals surface area contributed by atoms with E-state index in [0.29, 0.717) is 6.54 Å². The van der Waals surface area contributed by atoms with Gasteiger partial charge >= 0.3 is 6.18 Å². The van der Waals surface area contributed by atoms with E-state index in [1.165, 1.54) is 7.05 Å². The van der Waals surface area contributed by atoms with E-state index in [1.54, 1.807) is 0 Å². The molecule has 0 aliphatic carbocycles. The first-order valence-corrected chi connectivity index (χ1v) is 6.48. The zero-order valence-corrected chi connectivity index (χ0v) is 11.6. The second-order valence-electron chi connectivity index (χ2n) is 4.73. The number of nitrogens with zero attached hydrogens (tertiary/aromatic N) is 1. The molecule has 1 aromatic rings. The lowest BCUT2D eigenvalue weighted by Crippen LogP contribution is -2.11. The lowest BCUT2D eigenvalue weighted by atomic mass is 10.1. The molecule has 0 saturated carbocycles. The van der Waals surface area contributed by atoms with Crippen LogP contribution in [0.2, 0.25) is 0 Å². The number of nitrogens with one attached hydrogen (secondary N) is 2. The van der Waals surface area contributed by atoms with Gasteiger partial charge in [-0.05, 0) is 30.9 Å². The van der Waals surface area contributed by atoms with Crippen LogP contribution < -0.4 is 10.6 Å². The highest BCUT2D eigenvalue weighted by atomic mass is 19.4. The van der Waals surface area contributed by atoms with Crippen molar-refractivity contribution < 1.29 is 18.3 Å². The first-order chi connectivity index (χ1) is 9.36. The molecule has 0 bridgehead atoms. The molecule has 20 heavy (non-hydrogen) atoms. The average molecular weight is 291 g/mol. The summed E-state index contributed by atoms with van der Waals surface area (Å²) in [5.74, 6) is 0.561. The smallest absolute Gasteiger partial charge is 0.396 e. The van der Waals surface area contributed by atoms with E-state index in [-0.39, 0.29) is 24.2 Å². The van der Waals surface area contributed by atoms with Crippen molar-refractivity contribution in [3.63, 3.8) is 0 Å². The van der Waals surface area contributed by atoms with Gasteiger partial charge in [-0.25, -0.2) is 4.98 Å². The van der Waals surface area contributed by atoms with E-state index in [4.69, 9.17) is 5.11 Å². The van der Waals surface area contributed by atoms with Crippen molar-refractivity contribution in [2.24, 2.45) is 5.92 Å². The van der Waals surface area contributed by atoms with Crippen LogP contribution in [-0.2, 0) is 6.18 Å². The maximum Gasteiger partial charge on any atom is 0.416 e. The lowest BCUT2D eigenvalue weighted by molar-refractivity contribution is -0.137. The number of anilines is 2. The Balaban J connectivity index is 2.65. The summed E-state index contributed by atoms with van der Waals surface area (Å²) < 4.78 is 38.1. The summed E-state index contributed by atoms with van der Waals surface area (Å²) in [7, 11) is 1.52. The number of alkyl halides is 3. The highest BCUT2D eigenvalue weighted by Crippen LogP contribution is 2.31. The molecule has 1 atom stereocenters. The third-order valence-electron chi connectivity index (χ3n) is 2.90. The third-order valence-corrected chi connectivity index (χ3v) is 2.90. The molecule has 1 heterocycles. The Bertz CT molecular complexity index is 424. The van der Waals surface area contributed by atoms with Gasteiger partial charge in [-0.1, -0.05) is 6.92 Å². The minimum atomic E-state index is -4.39. The highest BCUT2D eigenvalue weighted by Gasteiger charge is 2.31. The molecule has 4 nitrogen and oxygen atoms in total. The molecule has 0 aliphatic heterocycles. The number of rotatable bonds is 7. The minimum absolute atomic E-state index is 0.117. The fourth-order valence-electron chi connectivity index (χ4n) is 1.67. The van der Waals surface area contributed by atoms with Crippen LogP contribution in [-0.4, -0.2) is 30.3 Å². The van der Waals surface area contributed by atoms with Crippen LogP contribution in [0, 0.1) is 5.92 Å². The molecule has 1 aromatic heterocycles. The summed E-state index contributed by atoms with van der Waals surface area (Å²) >= 11 is 0. The quantitative estimate of drug-likeness (QED) is 0.676. The summed E-state index contributed by atoms with van der Waals surface area (Å²) in [5, 5.41) is 14.4. The topological polar surface area (TPSA) is 57.2 Å². The molecule has 7 heteroatoms. The molecule has 0 aliphatic rings. The molecule has 0 amide bonds. The molecule has 0 spiro atoms. The first-order valence-electron chi connectivity index (χ1n) is 6.48. The van der Waals surface area contributed by atoms with Gasteiger partial charge in [0.25, 0.3) is 0 Å². The van der Waals surface area contributed by atoms with Crippen molar-refractivity contribution in [3.05, 3.63) is 17.7 Å². The first kappa shape index (κ1) is 16.6. The normalized spacial score (nSPS) is 13.1. The molecule has 0 fully saturated rings. The number of halogens is 3. The zero-order valence-electron chi connectivity index (χ0n) is 11.6. The Labute approximate surface area is 116 Å². The number of aliphatic hydroxyl groups is 1. The predicted molar refractivity (Wildman–Crippen MR) is 72.8 cm³/mol. The molecular weight excluding hydrogens is 271 g/mol. The SMILES string of the molecule is CNc1cc(C(F)(F)F)cc(NCCCC(C)CO)n1. The summed E-state index contributed by atoms with van der Waals surface area (Å²) in [6.07, 6.45) is -2.83. The molecule has 114 valence electrons. The monoisotopic (exact) mass is 291 g/mol. The molecule has 3 N–H and O–H groups in total. The van der Waals surface area contributed by atoms with E-state index < -0.39 is 11.7 Å². The van der Waals surface area contributed by atoms with Gasteiger partial charge in [0, 0.05) is 20.2 Å². The van der Waals surface area contributed by atoms with Crippen LogP contribution in [0.5, 0.6) is 0 Å². The van der Waals surface area contributed by atoms with Gasteiger partial charge in [0.05, 0.1) is 5.56 Å². The van der Waals surface area contributed by atoms with Crippen LogP contribution in [0.4, 0.5) is 24.8 Å². The number of hydrogen-bond donors (Lipinski definition) is 3. The second kappa shape index (κ2) is 7.33. The molecule has 0 saturated heterocycles. The van der Waals surface area contributed by atoms with Gasteiger partial charge in [0.15, 0.2) is 0 Å². The van der Waals surface area contributed by atoms with Crippen LogP contribution >= 0.6 is 0 Å². The van der Waals surface area contributed by atoms with Crippen molar-refractivity contribution in [3.8, 4) is 0 Å². The maximum absolute atomic E-state index is 12.7. The standard InChI is InChI=1S/C13H20F3N3O/c1-9(8-20)4-3-5-18-12-7-10(13(14,15)16)6-11(17-2)19-12/h6-7,9,20H,3-5,8H2,1-2H3,(H2,17,18,19). The summed E-state index contributed by atoms with van der Waals surface area (Å²) in [5.41, 5.74) is -0.733. The highest BCUT2D eigenvalue weighted by molar-refractivity contribution is 5.49. The van der Waals surface area contributed by atoms with Crippen molar-refractivity contribution >= 4 is 11.6 Å². The van der Waals surface area contributed by atoms with E-state index in [0.717, 1.165) is 25.0 Å². The molecule has 0 radical (unpaired) electrons. The third kappa shape index (κ3) is 5.24. The fourth-order valence-corrected chi connectivity index (χ4v) is 1.67. The molecule has 0 aromatic carbocycles. The number of hydrogen-bond acceptors (Lipinski definition) is 4. The van der Waals surface area contributed by atoms with Crippen LogP contribution in [0.1, 0.15) is 25.3 Å². The van der Waals surface area contributed by atoms with Gasteiger partial charge in [0.2, 0.25) is 0 Å². The number of pyridine rings is 1. The second-order valence-corrected chi connectivity index (χ2v) is 4.73. The van der Waals surface area contributed by atoms with Gasteiger partial charge in [-0.3, -0.25) is 0 Å². The van der Waals surface area contributed by atoms with E-state index >= 15 is 0 Å². The Morgan fingerprint density at radius 3 is 2.50 bits per heavy atom. The van der Waals surface area contributed by atoms with E-state index in [1.807, 2.05) is 6.92 Å². The van der Waals surface area contributed by atoms with Crippen molar-refractivity contribution in [1.29, 1.82) is 0 Å². The van der Waals surface area contributed by atoms with Gasteiger partial charge in [-0.2, -0.15) is 13.2 Å².